The van der Waals surface area contributed by atoms with Crippen LogP contribution >= 0.6 is 0 Å². The van der Waals surface area contributed by atoms with Crippen molar-refractivity contribution in [2.45, 2.75) is 13.8 Å². The van der Waals surface area contributed by atoms with Crippen molar-refractivity contribution in [3.63, 3.8) is 0 Å². The minimum Gasteiger partial charge on any atom is -0.469 e. The van der Waals surface area contributed by atoms with Crippen molar-refractivity contribution in [2.24, 2.45) is 11.1 Å². The van der Waals surface area contributed by atoms with Gasteiger partial charge in [-0.25, -0.2) is 0 Å². The predicted molar refractivity (Wildman–Crippen MR) is 47.9 cm³/mol. The van der Waals surface area contributed by atoms with Gasteiger partial charge in [-0.3, -0.25) is 9.59 Å². The van der Waals surface area contributed by atoms with E-state index in [9.17, 15) is 9.59 Å². The van der Waals surface area contributed by atoms with Crippen LogP contribution in [0.2, 0.25) is 0 Å². The molecule has 5 nitrogen and oxygen atoms in total. The second-order valence-electron chi connectivity index (χ2n) is 3.45. The second-order valence-corrected chi connectivity index (χ2v) is 3.45. The molecular weight excluding hydrogens is 172 g/mol. The molecule has 0 saturated heterocycles. The van der Waals surface area contributed by atoms with Crippen LogP contribution in [0.15, 0.2) is 0 Å². The first-order chi connectivity index (χ1) is 5.90. The van der Waals surface area contributed by atoms with Crippen LogP contribution in [0, 0.1) is 5.41 Å². The predicted octanol–water partition coefficient (Wildman–Crippen LogP) is -0.739. The summed E-state index contributed by atoms with van der Waals surface area (Å²) in [5, 5.41) is 2.76. The summed E-state index contributed by atoms with van der Waals surface area (Å²) in [5.74, 6) is -0.759. The van der Waals surface area contributed by atoms with Crippen molar-refractivity contribution >= 4 is 11.9 Å². The maximum Gasteiger partial charge on any atom is 0.312 e. The number of ether oxygens (including phenoxy) is 1. The number of carbonyl (C=O) groups is 2. The molecule has 1 amide bonds. The van der Waals surface area contributed by atoms with Gasteiger partial charge in [-0.1, -0.05) is 0 Å². The Balaban J connectivity index is 3.89. The molecule has 0 fully saturated rings. The molecule has 0 heterocycles. The Hall–Kier alpha value is -1.10. The first-order valence-corrected chi connectivity index (χ1v) is 3.97. The highest BCUT2D eigenvalue weighted by atomic mass is 16.5. The average molecular weight is 188 g/mol. The van der Waals surface area contributed by atoms with Gasteiger partial charge >= 0.3 is 5.97 Å². The summed E-state index contributed by atoms with van der Waals surface area (Å²) in [4.78, 5) is 21.5. The summed E-state index contributed by atoms with van der Waals surface area (Å²) in [6.45, 7) is 3.89. The van der Waals surface area contributed by atoms with Crippen LogP contribution in [0.3, 0.4) is 0 Å². The smallest absolute Gasteiger partial charge is 0.312 e. The van der Waals surface area contributed by atoms with Gasteiger partial charge in [-0.2, -0.15) is 0 Å². The third-order valence-corrected chi connectivity index (χ3v) is 1.60. The van der Waals surface area contributed by atoms with E-state index in [4.69, 9.17) is 5.73 Å². The zero-order chi connectivity index (χ0) is 10.5. The summed E-state index contributed by atoms with van der Waals surface area (Å²) < 4.78 is 4.58. The molecule has 0 bridgehead atoms. The molecule has 0 spiro atoms. The molecular formula is C8H16N2O3. The molecule has 0 saturated carbocycles. The van der Waals surface area contributed by atoms with Crippen LogP contribution in [0.25, 0.3) is 0 Å². The summed E-state index contributed by atoms with van der Waals surface area (Å²) in [7, 11) is 1.33. The van der Waals surface area contributed by atoms with E-state index in [-0.39, 0.29) is 12.5 Å². The SMILES string of the molecule is COC(=O)C(C)(C)CNCC(N)=O. The van der Waals surface area contributed by atoms with Crippen LogP contribution in [0.4, 0.5) is 0 Å². The molecule has 0 unspecified atom stereocenters. The molecule has 0 aliphatic carbocycles. The van der Waals surface area contributed by atoms with E-state index >= 15 is 0 Å². The summed E-state index contributed by atoms with van der Waals surface area (Å²) in [6, 6.07) is 0. The molecule has 0 aromatic carbocycles. The Morgan fingerprint density at radius 2 is 2.00 bits per heavy atom. The van der Waals surface area contributed by atoms with Gasteiger partial charge in [0.15, 0.2) is 0 Å². The molecule has 0 aromatic heterocycles. The maximum absolute atomic E-state index is 11.1. The van der Waals surface area contributed by atoms with Gasteiger partial charge in [0.25, 0.3) is 0 Å². The molecule has 0 aromatic rings. The fourth-order valence-corrected chi connectivity index (χ4v) is 0.847. The lowest BCUT2D eigenvalue weighted by molar-refractivity contribution is -0.150. The first-order valence-electron chi connectivity index (χ1n) is 3.97. The van der Waals surface area contributed by atoms with Gasteiger partial charge in [0.05, 0.1) is 19.1 Å². The number of nitrogens with two attached hydrogens (primary N) is 1. The standard InChI is InChI=1S/C8H16N2O3/c1-8(2,7(12)13-3)5-10-4-6(9)11/h10H,4-5H2,1-3H3,(H2,9,11). The third-order valence-electron chi connectivity index (χ3n) is 1.60. The molecule has 0 atom stereocenters. The van der Waals surface area contributed by atoms with Gasteiger partial charge in [0.1, 0.15) is 0 Å². The number of rotatable bonds is 5. The normalized spacial score (nSPS) is 11.0. The van der Waals surface area contributed by atoms with E-state index in [0.29, 0.717) is 6.54 Å². The van der Waals surface area contributed by atoms with Crippen molar-refractivity contribution < 1.29 is 14.3 Å². The van der Waals surface area contributed by atoms with Crippen molar-refractivity contribution in [3.05, 3.63) is 0 Å². The maximum atomic E-state index is 11.1. The van der Waals surface area contributed by atoms with Gasteiger partial charge < -0.3 is 15.8 Å². The Labute approximate surface area is 77.6 Å². The lowest BCUT2D eigenvalue weighted by atomic mass is 9.94. The number of methoxy groups -OCH3 is 1. The van der Waals surface area contributed by atoms with Crippen LogP contribution in [-0.4, -0.2) is 32.1 Å². The van der Waals surface area contributed by atoms with Crippen molar-refractivity contribution in [1.82, 2.24) is 5.32 Å². The monoisotopic (exact) mass is 188 g/mol. The fraction of sp³-hybridized carbons (Fsp3) is 0.750. The Morgan fingerprint density at radius 3 is 2.38 bits per heavy atom. The van der Waals surface area contributed by atoms with Crippen molar-refractivity contribution in [2.75, 3.05) is 20.2 Å². The number of esters is 1. The molecule has 5 heteroatoms. The summed E-state index contributed by atoms with van der Waals surface area (Å²) in [5.41, 5.74) is 4.28. The number of amides is 1. The molecule has 76 valence electrons. The summed E-state index contributed by atoms with van der Waals surface area (Å²) in [6.07, 6.45) is 0. The molecule has 0 aliphatic heterocycles. The number of hydrogen-bond acceptors (Lipinski definition) is 4. The van der Waals surface area contributed by atoms with Gasteiger partial charge in [-0.15, -0.1) is 0 Å². The number of carbonyl (C=O) groups excluding carboxylic acids is 2. The van der Waals surface area contributed by atoms with Crippen LogP contribution in [0.5, 0.6) is 0 Å². The lowest BCUT2D eigenvalue weighted by Gasteiger charge is -2.21. The number of primary amides is 1. The van der Waals surface area contributed by atoms with Crippen molar-refractivity contribution in [1.29, 1.82) is 0 Å². The fourth-order valence-electron chi connectivity index (χ4n) is 0.847. The number of hydrogen-bond donors (Lipinski definition) is 2. The Bertz CT molecular complexity index is 202. The average Bonchev–Trinajstić information content (AvgIpc) is 2.01. The third kappa shape index (κ3) is 4.47. The molecule has 0 aliphatic rings. The highest BCUT2D eigenvalue weighted by Crippen LogP contribution is 2.14. The quantitative estimate of drug-likeness (QED) is 0.557. The molecule has 3 N–H and O–H groups in total. The highest BCUT2D eigenvalue weighted by Gasteiger charge is 2.28. The van der Waals surface area contributed by atoms with Crippen LogP contribution in [0.1, 0.15) is 13.8 Å². The van der Waals surface area contributed by atoms with Crippen LogP contribution < -0.4 is 11.1 Å². The van der Waals surface area contributed by atoms with E-state index in [2.05, 4.69) is 10.1 Å². The van der Waals surface area contributed by atoms with E-state index in [1.807, 2.05) is 0 Å². The van der Waals surface area contributed by atoms with E-state index in [1.54, 1.807) is 13.8 Å². The highest BCUT2D eigenvalue weighted by molar-refractivity contribution is 5.77. The largest absolute Gasteiger partial charge is 0.469 e. The topological polar surface area (TPSA) is 81.4 Å². The summed E-state index contributed by atoms with van der Waals surface area (Å²) >= 11 is 0. The van der Waals surface area contributed by atoms with E-state index in [1.165, 1.54) is 7.11 Å². The van der Waals surface area contributed by atoms with Gasteiger partial charge in [0.2, 0.25) is 5.91 Å². The zero-order valence-corrected chi connectivity index (χ0v) is 8.22. The molecule has 0 rings (SSSR count). The first kappa shape index (κ1) is 11.9. The Kier molecular flexibility index (Phi) is 4.40. The van der Waals surface area contributed by atoms with E-state index < -0.39 is 11.3 Å². The van der Waals surface area contributed by atoms with E-state index in [0.717, 1.165) is 0 Å². The molecule has 0 radical (unpaired) electrons. The minimum atomic E-state index is -0.635. The minimum absolute atomic E-state index is 0.0699. The zero-order valence-electron chi connectivity index (χ0n) is 8.22. The van der Waals surface area contributed by atoms with Gasteiger partial charge in [0, 0.05) is 6.54 Å². The number of nitrogens with one attached hydrogen (secondary N) is 1. The molecule has 13 heavy (non-hydrogen) atoms. The second kappa shape index (κ2) is 4.81. The lowest BCUT2D eigenvalue weighted by Crippen LogP contribution is -2.40. The Morgan fingerprint density at radius 1 is 1.46 bits per heavy atom. The van der Waals surface area contributed by atoms with Gasteiger partial charge in [-0.05, 0) is 13.8 Å². The van der Waals surface area contributed by atoms with Crippen LogP contribution in [-0.2, 0) is 14.3 Å². The van der Waals surface area contributed by atoms with Crippen molar-refractivity contribution in [3.8, 4) is 0 Å².